The second kappa shape index (κ2) is 16.8. The van der Waals surface area contributed by atoms with E-state index in [2.05, 4.69) is 9.98 Å². The van der Waals surface area contributed by atoms with E-state index in [1.165, 1.54) is 18.4 Å². The Labute approximate surface area is 255 Å². The molecule has 0 aliphatic rings. The minimum atomic E-state index is -4.37. The molecule has 0 aliphatic heterocycles. The summed E-state index contributed by atoms with van der Waals surface area (Å²) in [6.07, 6.45) is 0.524. The summed E-state index contributed by atoms with van der Waals surface area (Å²) in [6, 6.07) is 20.3. The van der Waals surface area contributed by atoms with Gasteiger partial charge in [-0.1, -0.05) is 61.8 Å². The molecule has 0 fully saturated rings. The molecular formula is C33H34ClF3N4O2. The summed E-state index contributed by atoms with van der Waals surface area (Å²) >= 11 is 6.17. The molecule has 0 saturated heterocycles. The van der Waals surface area contributed by atoms with Gasteiger partial charge in [0, 0.05) is 42.0 Å². The first kappa shape index (κ1) is 34.7. The first-order valence-corrected chi connectivity index (χ1v) is 13.7. The van der Waals surface area contributed by atoms with Gasteiger partial charge in [-0.05, 0) is 60.0 Å². The zero-order valence-electron chi connectivity index (χ0n) is 24.7. The standard InChI is InChI=1S/C30H26ClF3N4O.C2H6.CH2O/c1-20(37-38(3)19-21-4-12-25(13-5-21)30(32,33)34)28(23-10-14-26(31)15-11-23)27(18-35-2)22-6-8-24(9-7-22)29-36-16-17-39-29;2*1-2/h4-18H,19H2,1-3H3;1-2H3;1H2/b28-27-,35-18?,37-20+;;. The summed E-state index contributed by atoms with van der Waals surface area (Å²) in [5.41, 5.74) is 5.01. The number of carbonyl (C=O) groups excluding carboxylic acids is 1. The van der Waals surface area contributed by atoms with Gasteiger partial charge in [-0.2, -0.15) is 18.3 Å². The van der Waals surface area contributed by atoms with Crippen LogP contribution in [0.15, 0.2) is 99.8 Å². The Morgan fingerprint density at radius 1 is 0.977 bits per heavy atom. The monoisotopic (exact) mass is 610 g/mol. The van der Waals surface area contributed by atoms with Crippen molar-refractivity contribution in [2.75, 3.05) is 14.1 Å². The molecule has 1 aromatic heterocycles. The largest absolute Gasteiger partial charge is 0.445 e. The van der Waals surface area contributed by atoms with Crippen molar-refractivity contribution in [3.8, 4) is 11.5 Å². The molecule has 43 heavy (non-hydrogen) atoms. The quantitative estimate of drug-likeness (QED) is 0.113. The Morgan fingerprint density at radius 3 is 2.07 bits per heavy atom. The fourth-order valence-electron chi connectivity index (χ4n) is 4.15. The predicted octanol–water partition coefficient (Wildman–Crippen LogP) is 8.97. The number of rotatable bonds is 8. The summed E-state index contributed by atoms with van der Waals surface area (Å²) in [6.45, 7) is 8.21. The first-order chi connectivity index (χ1) is 20.7. The third-order valence-electron chi connectivity index (χ3n) is 5.91. The number of halogens is 4. The highest BCUT2D eigenvalue weighted by molar-refractivity contribution is 6.38. The molecule has 4 rings (SSSR count). The lowest BCUT2D eigenvalue weighted by molar-refractivity contribution is -0.137. The van der Waals surface area contributed by atoms with Crippen LogP contribution in [0.2, 0.25) is 5.02 Å². The van der Waals surface area contributed by atoms with E-state index in [0.717, 1.165) is 40.0 Å². The van der Waals surface area contributed by atoms with Crippen LogP contribution in [-0.2, 0) is 17.5 Å². The molecule has 3 aromatic carbocycles. The van der Waals surface area contributed by atoms with Gasteiger partial charge in [-0.3, -0.25) is 10.0 Å². The first-order valence-electron chi connectivity index (χ1n) is 13.3. The summed E-state index contributed by atoms with van der Waals surface area (Å²) in [7, 11) is 3.48. The number of oxazole rings is 1. The van der Waals surface area contributed by atoms with Gasteiger partial charge in [0.15, 0.2) is 0 Å². The van der Waals surface area contributed by atoms with Crippen LogP contribution in [0.3, 0.4) is 0 Å². The lowest BCUT2D eigenvalue weighted by Crippen LogP contribution is -2.15. The van der Waals surface area contributed by atoms with Gasteiger partial charge >= 0.3 is 6.18 Å². The topological polar surface area (TPSA) is 71.1 Å². The number of carbonyl (C=O) groups is 1. The average molecular weight is 611 g/mol. The fourth-order valence-corrected chi connectivity index (χ4v) is 4.28. The normalized spacial score (nSPS) is 12.1. The van der Waals surface area contributed by atoms with E-state index < -0.39 is 11.7 Å². The zero-order chi connectivity index (χ0) is 32.0. The van der Waals surface area contributed by atoms with Crippen LogP contribution >= 0.6 is 11.6 Å². The molecule has 0 aliphatic carbocycles. The van der Waals surface area contributed by atoms with Crippen LogP contribution in [0.5, 0.6) is 0 Å². The van der Waals surface area contributed by atoms with E-state index in [9.17, 15) is 13.2 Å². The van der Waals surface area contributed by atoms with Crippen LogP contribution in [0.4, 0.5) is 13.2 Å². The van der Waals surface area contributed by atoms with Crippen LogP contribution in [-0.4, -0.2) is 42.8 Å². The van der Waals surface area contributed by atoms with Crippen LogP contribution in [0.25, 0.3) is 22.6 Å². The maximum absolute atomic E-state index is 12.9. The van der Waals surface area contributed by atoms with Crippen molar-refractivity contribution in [3.63, 3.8) is 0 Å². The number of aliphatic imine (C=N–C) groups is 1. The molecule has 4 aromatic rings. The number of nitrogens with zero attached hydrogens (tertiary/aromatic N) is 4. The van der Waals surface area contributed by atoms with Crippen molar-refractivity contribution in [1.82, 2.24) is 9.99 Å². The molecule has 10 heteroatoms. The second-order valence-electron chi connectivity index (χ2n) is 8.79. The van der Waals surface area contributed by atoms with Gasteiger partial charge in [-0.15, -0.1) is 0 Å². The van der Waals surface area contributed by atoms with Crippen molar-refractivity contribution in [2.45, 2.75) is 33.5 Å². The maximum Gasteiger partial charge on any atom is 0.416 e. The Balaban J connectivity index is 0.00000155. The van der Waals surface area contributed by atoms with Crippen molar-refractivity contribution >= 4 is 41.5 Å². The molecule has 6 nitrogen and oxygen atoms in total. The number of hydrogen-bond acceptors (Lipinski definition) is 6. The lowest BCUT2D eigenvalue weighted by atomic mass is 9.92. The van der Waals surface area contributed by atoms with Crippen LogP contribution < -0.4 is 0 Å². The zero-order valence-corrected chi connectivity index (χ0v) is 25.4. The van der Waals surface area contributed by atoms with Crippen molar-refractivity contribution in [3.05, 3.63) is 113 Å². The van der Waals surface area contributed by atoms with E-state index in [-0.39, 0.29) is 0 Å². The van der Waals surface area contributed by atoms with E-state index in [4.69, 9.17) is 25.9 Å². The molecular weight excluding hydrogens is 577 g/mol. The van der Waals surface area contributed by atoms with Crippen LogP contribution in [0.1, 0.15) is 43.0 Å². The van der Waals surface area contributed by atoms with Gasteiger partial charge in [0.1, 0.15) is 13.1 Å². The smallest absolute Gasteiger partial charge is 0.416 e. The van der Waals surface area contributed by atoms with Crippen molar-refractivity contribution in [1.29, 1.82) is 0 Å². The third-order valence-corrected chi connectivity index (χ3v) is 6.16. The highest BCUT2D eigenvalue weighted by atomic mass is 35.5. The average Bonchev–Trinajstić information content (AvgIpc) is 3.55. The van der Waals surface area contributed by atoms with Crippen LogP contribution in [0, 0.1) is 0 Å². The summed E-state index contributed by atoms with van der Waals surface area (Å²) in [5, 5.41) is 7.08. The second-order valence-corrected chi connectivity index (χ2v) is 9.23. The maximum atomic E-state index is 12.9. The summed E-state index contributed by atoms with van der Waals surface area (Å²) < 4.78 is 44.2. The molecule has 0 radical (unpaired) electrons. The van der Waals surface area contributed by atoms with E-state index in [1.54, 1.807) is 31.5 Å². The molecule has 1 heterocycles. The number of allylic oxidation sites excluding steroid dienone is 2. The molecule has 0 atom stereocenters. The minimum Gasteiger partial charge on any atom is -0.445 e. The van der Waals surface area contributed by atoms with Crippen molar-refractivity contribution < 1.29 is 22.4 Å². The summed E-state index contributed by atoms with van der Waals surface area (Å²) in [5.74, 6) is 0.525. The van der Waals surface area contributed by atoms with Gasteiger partial charge in [-0.25, -0.2) is 4.98 Å². The van der Waals surface area contributed by atoms with E-state index in [1.807, 2.05) is 76.1 Å². The molecule has 226 valence electrons. The summed E-state index contributed by atoms with van der Waals surface area (Å²) in [4.78, 5) is 16.5. The number of benzene rings is 3. The van der Waals surface area contributed by atoms with Gasteiger partial charge < -0.3 is 9.21 Å². The Kier molecular flexibility index (Phi) is 13.6. The predicted molar refractivity (Wildman–Crippen MR) is 169 cm³/mol. The minimum absolute atomic E-state index is 0.325. The molecule has 0 bridgehead atoms. The van der Waals surface area contributed by atoms with Gasteiger partial charge in [0.2, 0.25) is 5.89 Å². The highest BCUT2D eigenvalue weighted by Crippen LogP contribution is 2.31. The highest BCUT2D eigenvalue weighted by Gasteiger charge is 2.30. The molecule has 0 spiro atoms. The number of hydrogen-bond donors (Lipinski definition) is 0. The number of alkyl halides is 3. The molecule has 0 saturated carbocycles. The van der Waals surface area contributed by atoms with Gasteiger partial charge in [0.25, 0.3) is 0 Å². The van der Waals surface area contributed by atoms with E-state index in [0.29, 0.717) is 28.7 Å². The fraction of sp³-hybridized carbons (Fsp3) is 0.212. The molecule has 0 unspecified atom stereocenters. The van der Waals surface area contributed by atoms with E-state index >= 15 is 0 Å². The molecule has 0 N–H and O–H groups in total. The van der Waals surface area contributed by atoms with Crippen molar-refractivity contribution in [2.24, 2.45) is 10.1 Å². The number of aromatic nitrogens is 1. The number of hydrazone groups is 1. The lowest BCUT2D eigenvalue weighted by Gasteiger charge is -2.19. The Bertz CT molecular complexity index is 1500. The third kappa shape index (κ3) is 9.78. The Morgan fingerprint density at radius 2 is 1.56 bits per heavy atom. The SMILES string of the molecule is C=O.CC.CN=C/C(=C(\C(C)=N\N(C)Cc1ccc(C(F)(F)F)cc1)c1ccc(Cl)cc1)c1ccc(-c2ncco2)cc1. The molecule has 0 amide bonds. The van der Waals surface area contributed by atoms with Gasteiger partial charge in [0.05, 0.1) is 24.0 Å². The Hall–Kier alpha value is -4.50.